The second kappa shape index (κ2) is 12.8. The van der Waals surface area contributed by atoms with Gasteiger partial charge in [-0.2, -0.15) is 0 Å². The van der Waals surface area contributed by atoms with Gasteiger partial charge in [-0.3, -0.25) is 0 Å². The zero-order chi connectivity index (χ0) is 33.5. The Morgan fingerprint density at radius 2 is 1.19 bits per heavy atom. The Balaban J connectivity index is 1.69. The molecule has 1 aliphatic rings. The number of benzene rings is 5. The molecule has 240 valence electrons. The zero-order valence-corrected chi connectivity index (χ0v) is 30.6. The SMILES string of the molecule is C=CCOc1c(C(C)(C)C)cc(C)cc1[Si](CC)(CC)C1c2cc(-c3ccccc3C)ccc2-c2ccc(-c3ccccc3C)cc21. The van der Waals surface area contributed by atoms with E-state index < -0.39 is 8.07 Å². The summed E-state index contributed by atoms with van der Waals surface area (Å²) in [4.78, 5) is 0. The largest absolute Gasteiger partial charge is 0.489 e. The summed E-state index contributed by atoms with van der Waals surface area (Å²) < 4.78 is 6.78. The van der Waals surface area contributed by atoms with Gasteiger partial charge in [0.25, 0.3) is 0 Å². The van der Waals surface area contributed by atoms with E-state index in [-0.39, 0.29) is 11.0 Å². The molecule has 0 radical (unpaired) electrons. The Morgan fingerprint density at radius 1 is 0.681 bits per heavy atom. The predicted octanol–water partition coefficient (Wildman–Crippen LogP) is 11.9. The molecule has 2 heteroatoms. The van der Waals surface area contributed by atoms with Crippen molar-refractivity contribution >= 4 is 13.3 Å². The third kappa shape index (κ3) is 5.72. The molecule has 5 aromatic carbocycles. The number of fused-ring (bicyclic) bond motifs is 3. The Morgan fingerprint density at radius 3 is 1.64 bits per heavy atom. The molecule has 0 amide bonds. The van der Waals surface area contributed by atoms with Crippen LogP contribution in [-0.2, 0) is 5.41 Å². The first kappa shape index (κ1) is 32.8. The fourth-order valence-corrected chi connectivity index (χ4v) is 13.4. The van der Waals surface area contributed by atoms with Crippen LogP contribution in [-0.4, -0.2) is 14.7 Å². The minimum absolute atomic E-state index is 0.0552. The smallest absolute Gasteiger partial charge is 0.122 e. The maximum Gasteiger partial charge on any atom is 0.122 e. The van der Waals surface area contributed by atoms with Crippen molar-refractivity contribution in [1.82, 2.24) is 0 Å². The summed E-state index contributed by atoms with van der Waals surface area (Å²) in [5, 5.41) is 1.46. The van der Waals surface area contributed by atoms with Gasteiger partial charge in [0.05, 0.1) is 0 Å². The van der Waals surface area contributed by atoms with E-state index in [4.69, 9.17) is 4.74 Å². The fraction of sp³-hybridized carbons (Fsp3) is 0.289. The number of hydrogen-bond donors (Lipinski definition) is 0. The Bertz CT molecular complexity index is 1860. The molecule has 0 fully saturated rings. The number of hydrogen-bond acceptors (Lipinski definition) is 1. The molecule has 0 saturated heterocycles. The standard InChI is InChI=1S/C45H50OSi/c1-10-25-46-43-41(45(7,8)9)26-30(4)27-42(43)47(11-2,12-3)44-39-28-33(35-19-15-13-17-31(35)5)21-23-37(39)38-24-22-34(29-40(38)44)36-20-16-14-18-32(36)6/h10,13-24,26-29,44H,1,11-12,25H2,2-9H3. The first-order valence-electron chi connectivity index (χ1n) is 17.3. The van der Waals surface area contributed by atoms with Gasteiger partial charge in [-0.05, 0) is 92.6 Å². The van der Waals surface area contributed by atoms with Crippen LogP contribution in [0.2, 0.25) is 12.1 Å². The van der Waals surface area contributed by atoms with Gasteiger partial charge in [-0.25, -0.2) is 0 Å². The lowest BCUT2D eigenvalue weighted by atomic mass is 9.85. The van der Waals surface area contributed by atoms with Crippen LogP contribution in [0.15, 0.2) is 110 Å². The van der Waals surface area contributed by atoms with E-state index in [1.54, 1.807) is 0 Å². The highest BCUT2D eigenvalue weighted by atomic mass is 28.3. The summed E-state index contributed by atoms with van der Waals surface area (Å²) >= 11 is 0. The van der Waals surface area contributed by atoms with Crippen molar-refractivity contribution in [3.63, 3.8) is 0 Å². The number of rotatable bonds is 9. The zero-order valence-electron chi connectivity index (χ0n) is 29.6. The molecule has 0 aliphatic heterocycles. The Hall–Kier alpha value is -4.14. The Kier molecular flexibility index (Phi) is 8.93. The molecule has 0 atom stereocenters. The first-order chi connectivity index (χ1) is 22.5. The highest BCUT2D eigenvalue weighted by Gasteiger charge is 2.48. The van der Waals surface area contributed by atoms with E-state index >= 15 is 0 Å². The molecule has 0 saturated carbocycles. The third-order valence-electron chi connectivity index (χ3n) is 10.7. The van der Waals surface area contributed by atoms with Crippen LogP contribution < -0.4 is 9.92 Å². The van der Waals surface area contributed by atoms with E-state index in [1.165, 1.54) is 71.9 Å². The summed E-state index contributed by atoms with van der Waals surface area (Å²) in [6.07, 6.45) is 1.89. The lowest BCUT2D eigenvalue weighted by Crippen LogP contribution is -2.53. The van der Waals surface area contributed by atoms with Gasteiger partial charge in [0.15, 0.2) is 0 Å². The van der Waals surface area contributed by atoms with Crippen molar-refractivity contribution < 1.29 is 4.74 Å². The molecule has 0 heterocycles. The van der Waals surface area contributed by atoms with E-state index in [1.807, 2.05) is 6.08 Å². The van der Waals surface area contributed by atoms with Gasteiger partial charge in [0, 0.05) is 5.54 Å². The fourth-order valence-electron chi connectivity index (χ4n) is 8.18. The second-order valence-electron chi connectivity index (χ2n) is 14.6. The number of aryl methyl sites for hydroxylation is 3. The van der Waals surface area contributed by atoms with Gasteiger partial charge in [-0.15, -0.1) is 0 Å². The topological polar surface area (TPSA) is 9.23 Å². The Labute approximate surface area is 284 Å². The summed E-state index contributed by atoms with van der Waals surface area (Å²) in [7, 11) is -2.36. The lowest BCUT2D eigenvalue weighted by Gasteiger charge is -2.40. The molecule has 0 aromatic heterocycles. The van der Waals surface area contributed by atoms with E-state index in [0.717, 1.165) is 17.8 Å². The van der Waals surface area contributed by atoms with E-state index in [2.05, 4.69) is 159 Å². The normalized spacial score (nSPS) is 12.9. The molecule has 1 nitrogen and oxygen atoms in total. The average Bonchev–Trinajstić information content (AvgIpc) is 3.38. The van der Waals surface area contributed by atoms with Crippen molar-refractivity contribution in [2.24, 2.45) is 0 Å². The minimum atomic E-state index is -2.36. The molecule has 0 N–H and O–H groups in total. The van der Waals surface area contributed by atoms with Crippen molar-refractivity contribution in [3.05, 3.63) is 143 Å². The molecule has 0 spiro atoms. The molecule has 0 bridgehead atoms. The lowest BCUT2D eigenvalue weighted by molar-refractivity contribution is 0.353. The first-order valence-corrected chi connectivity index (χ1v) is 19.8. The molecule has 6 rings (SSSR count). The van der Waals surface area contributed by atoms with Crippen molar-refractivity contribution in [3.8, 4) is 39.1 Å². The molecule has 1 aliphatic carbocycles. The van der Waals surface area contributed by atoms with Gasteiger partial charge >= 0.3 is 0 Å². The molecular formula is C45H50OSi. The summed E-state index contributed by atoms with van der Waals surface area (Å²) in [6, 6.07) is 39.2. The van der Waals surface area contributed by atoms with Crippen LogP contribution in [0.3, 0.4) is 0 Å². The highest BCUT2D eigenvalue weighted by molar-refractivity contribution is 6.94. The van der Waals surface area contributed by atoms with E-state index in [0.29, 0.717) is 6.61 Å². The maximum atomic E-state index is 6.78. The van der Waals surface area contributed by atoms with Crippen molar-refractivity contribution in [1.29, 1.82) is 0 Å². The summed E-state index contributed by atoms with van der Waals surface area (Å²) in [6.45, 7) is 23.1. The van der Waals surface area contributed by atoms with E-state index in [9.17, 15) is 0 Å². The maximum absolute atomic E-state index is 6.78. The van der Waals surface area contributed by atoms with Crippen LogP contribution in [0.4, 0.5) is 0 Å². The monoisotopic (exact) mass is 634 g/mol. The van der Waals surface area contributed by atoms with Crippen LogP contribution >= 0.6 is 0 Å². The molecule has 47 heavy (non-hydrogen) atoms. The quantitative estimate of drug-likeness (QED) is 0.116. The molecular weight excluding hydrogens is 585 g/mol. The average molecular weight is 635 g/mol. The van der Waals surface area contributed by atoms with Crippen LogP contribution in [0, 0.1) is 20.8 Å². The van der Waals surface area contributed by atoms with Gasteiger partial charge < -0.3 is 4.74 Å². The van der Waals surface area contributed by atoms with Gasteiger partial charge in [0.2, 0.25) is 0 Å². The van der Waals surface area contributed by atoms with Crippen LogP contribution in [0.5, 0.6) is 5.75 Å². The third-order valence-corrected chi connectivity index (χ3v) is 16.4. The molecule has 5 aromatic rings. The summed E-state index contributed by atoms with van der Waals surface area (Å²) in [5.74, 6) is 1.10. The highest BCUT2D eigenvalue weighted by Crippen LogP contribution is 2.53. The summed E-state index contributed by atoms with van der Waals surface area (Å²) in [5.41, 5.74) is 16.4. The van der Waals surface area contributed by atoms with Crippen LogP contribution in [0.25, 0.3) is 33.4 Å². The van der Waals surface area contributed by atoms with Gasteiger partial charge in [-0.1, -0.05) is 162 Å². The second-order valence-corrected chi connectivity index (χ2v) is 19.4. The van der Waals surface area contributed by atoms with Crippen molar-refractivity contribution in [2.45, 2.75) is 78.4 Å². The van der Waals surface area contributed by atoms with Crippen LogP contribution in [0.1, 0.15) is 73.5 Å². The predicted molar refractivity (Wildman–Crippen MR) is 206 cm³/mol. The van der Waals surface area contributed by atoms with Crippen molar-refractivity contribution in [2.75, 3.05) is 6.61 Å². The minimum Gasteiger partial charge on any atom is -0.489 e. The molecule has 0 unspecified atom stereocenters. The van der Waals surface area contributed by atoms with Gasteiger partial charge in [0.1, 0.15) is 20.4 Å². The number of ether oxygens (including phenoxy) is 1.